The minimum Gasteiger partial charge on any atom is -0.395 e. The van der Waals surface area contributed by atoms with Crippen LogP contribution in [0.3, 0.4) is 0 Å². The molecular weight excluding hydrogens is 294 g/mol. The van der Waals surface area contributed by atoms with Crippen LogP contribution in [0.15, 0.2) is 28.7 Å². The lowest BCUT2D eigenvalue weighted by molar-refractivity contribution is 0.265. The van der Waals surface area contributed by atoms with Crippen molar-refractivity contribution in [3.63, 3.8) is 0 Å². The van der Waals surface area contributed by atoms with Crippen molar-refractivity contribution in [1.82, 2.24) is 4.72 Å². The summed E-state index contributed by atoms with van der Waals surface area (Å²) in [5.74, 6) is -0.0984. The van der Waals surface area contributed by atoms with Crippen LogP contribution in [0.4, 0.5) is 0 Å². The zero-order valence-corrected chi connectivity index (χ0v) is 11.3. The van der Waals surface area contributed by atoms with Crippen LogP contribution in [0.5, 0.6) is 0 Å². The van der Waals surface area contributed by atoms with E-state index in [1.54, 1.807) is 25.1 Å². The van der Waals surface area contributed by atoms with E-state index in [9.17, 15) is 8.42 Å². The molecule has 90 valence electrons. The van der Waals surface area contributed by atoms with Crippen LogP contribution >= 0.6 is 15.9 Å². The molecule has 1 aromatic rings. The highest BCUT2D eigenvalue weighted by molar-refractivity contribution is 9.10. The molecule has 6 heteroatoms. The largest absolute Gasteiger partial charge is 0.395 e. The summed E-state index contributed by atoms with van der Waals surface area (Å²) in [5.41, 5.74) is 0.695. The Labute approximate surface area is 104 Å². The molecular formula is C10H14BrNO3S. The van der Waals surface area contributed by atoms with Crippen molar-refractivity contribution in [3.8, 4) is 0 Å². The Kier molecular flexibility index (Phi) is 4.91. The van der Waals surface area contributed by atoms with Crippen molar-refractivity contribution in [3.05, 3.63) is 34.3 Å². The van der Waals surface area contributed by atoms with E-state index >= 15 is 0 Å². The van der Waals surface area contributed by atoms with Gasteiger partial charge in [0, 0.05) is 10.5 Å². The summed E-state index contributed by atoms with van der Waals surface area (Å²) in [4.78, 5) is 0. The fourth-order valence-electron chi connectivity index (χ4n) is 1.21. The van der Waals surface area contributed by atoms with Gasteiger partial charge in [0.1, 0.15) is 0 Å². The Morgan fingerprint density at radius 1 is 1.44 bits per heavy atom. The smallest absolute Gasteiger partial charge is 0.216 e. The average molecular weight is 308 g/mol. The molecule has 0 fully saturated rings. The average Bonchev–Trinajstić information content (AvgIpc) is 2.20. The Balaban J connectivity index is 2.77. The number of rotatable bonds is 5. The van der Waals surface area contributed by atoms with Gasteiger partial charge in [-0.05, 0) is 18.6 Å². The minimum atomic E-state index is -3.41. The van der Waals surface area contributed by atoms with Crippen molar-refractivity contribution in [2.45, 2.75) is 18.7 Å². The highest BCUT2D eigenvalue weighted by Crippen LogP contribution is 2.18. The SMILES string of the molecule is C[C@H](CO)NS(=O)(=O)Cc1ccccc1Br. The molecule has 0 spiro atoms. The predicted molar refractivity (Wildman–Crippen MR) is 66.4 cm³/mol. The molecule has 0 heterocycles. The van der Waals surface area contributed by atoms with Crippen molar-refractivity contribution in [2.24, 2.45) is 0 Å². The number of aliphatic hydroxyl groups excluding tert-OH is 1. The van der Waals surface area contributed by atoms with Gasteiger partial charge in [0.2, 0.25) is 10.0 Å². The molecule has 16 heavy (non-hydrogen) atoms. The topological polar surface area (TPSA) is 66.4 Å². The lowest BCUT2D eigenvalue weighted by Gasteiger charge is -2.12. The van der Waals surface area contributed by atoms with Crippen molar-refractivity contribution in [1.29, 1.82) is 0 Å². The van der Waals surface area contributed by atoms with Gasteiger partial charge < -0.3 is 5.11 Å². The van der Waals surface area contributed by atoms with E-state index < -0.39 is 16.1 Å². The zero-order chi connectivity index (χ0) is 12.2. The van der Waals surface area contributed by atoms with Gasteiger partial charge in [-0.2, -0.15) is 0 Å². The molecule has 0 aliphatic heterocycles. The van der Waals surface area contributed by atoms with Crippen LogP contribution in [0.2, 0.25) is 0 Å². The number of halogens is 1. The van der Waals surface area contributed by atoms with E-state index in [4.69, 9.17) is 5.11 Å². The number of hydrogen-bond acceptors (Lipinski definition) is 3. The molecule has 0 aliphatic rings. The van der Waals surface area contributed by atoms with Crippen LogP contribution in [0.1, 0.15) is 12.5 Å². The fraction of sp³-hybridized carbons (Fsp3) is 0.400. The summed E-state index contributed by atoms with van der Waals surface area (Å²) >= 11 is 3.29. The summed E-state index contributed by atoms with van der Waals surface area (Å²) in [6.07, 6.45) is 0. The first-order valence-corrected chi connectivity index (χ1v) is 7.23. The highest BCUT2D eigenvalue weighted by atomic mass is 79.9. The standard InChI is InChI=1S/C10H14BrNO3S/c1-8(6-13)12-16(14,15)7-9-4-2-3-5-10(9)11/h2-5,8,12-13H,6-7H2,1H3/t8-/m1/s1. The maximum absolute atomic E-state index is 11.7. The molecule has 0 bridgehead atoms. The molecule has 1 atom stereocenters. The molecule has 0 aliphatic carbocycles. The highest BCUT2D eigenvalue weighted by Gasteiger charge is 2.15. The fourth-order valence-corrected chi connectivity index (χ4v) is 3.25. The summed E-state index contributed by atoms with van der Waals surface area (Å²) in [7, 11) is -3.41. The van der Waals surface area contributed by atoms with E-state index in [0.717, 1.165) is 4.47 Å². The van der Waals surface area contributed by atoms with Gasteiger partial charge in [-0.25, -0.2) is 13.1 Å². The maximum Gasteiger partial charge on any atom is 0.216 e. The summed E-state index contributed by atoms with van der Waals surface area (Å²) in [6.45, 7) is 1.40. The van der Waals surface area contributed by atoms with Crippen molar-refractivity contribution in [2.75, 3.05) is 6.61 Å². The first-order valence-electron chi connectivity index (χ1n) is 4.79. The second-order valence-electron chi connectivity index (χ2n) is 3.55. The normalized spacial score (nSPS) is 13.7. The Bertz CT molecular complexity index is 447. The van der Waals surface area contributed by atoms with Crippen LogP contribution in [-0.4, -0.2) is 26.2 Å². The second kappa shape index (κ2) is 5.77. The Morgan fingerprint density at radius 3 is 2.62 bits per heavy atom. The molecule has 0 saturated carbocycles. The zero-order valence-electron chi connectivity index (χ0n) is 8.85. The van der Waals surface area contributed by atoms with Crippen molar-refractivity contribution >= 4 is 26.0 Å². The van der Waals surface area contributed by atoms with E-state index in [2.05, 4.69) is 20.7 Å². The molecule has 1 rings (SSSR count). The van der Waals surface area contributed by atoms with E-state index in [1.165, 1.54) is 0 Å². The Hall–Kier alpha value is -0.430. The number of sulfonamides is 1. The summed E-state index contributed by atoms with van der Waals surface area (Å²) in [5, 5.41) is 8.78. The molecule has 0 amide bonds. The number of nitrogens with one attached hydrogen (secondary N) is 1. The number of benzene rings is 1. The molecule has 0 saturated heterocycles. The summed E-state index contributed by atoms with van der Waals surface area (Å²) in [6, 6.07) is 6.68. The molecule has 0 radical (unpaired) electrons. The van der Waals surface area contributed by atoms with Gasteiger partial charge in [0.15, 0.2) is 0 Å². The number of hydrogen-bond donors (Lipinski definition) is 2. The monoisotopic (exact) mass is 307 g/mol. The third kappa shape index (κ3) is 4.21. The number of aliphatic hydroxyl groups is 1. The van der Waals surface area contributed by atoms with Crippen LogP contribution in [0, 0.1) is 0 Å². The maximum atomic E-state index is 11.7. The van der Waals surface area contributed by atoms with E-state index in [0.29, 0.717) is 5.56 Å². The van der Waals surface area contributed by atoms with E-state index in [-0.39, 0.29) is 12.4 Å². The molecule has 1 aromatic carbocycles. The first-order chi connectivity index (χ1) is 7.44. The lowest BCUT2D eigenvalue weighted by Crippen LogP contribution is -2.35. The van der Waals surface area contributed by atoms with Gasteiger partial charge in [-0.3, -0.25) is 0 Å². The van der Waals surface area contributed by atoms with Gasteiger partial charge in [-0.1, -0.05) is 34.1 Å². The predicted octanol–water partition coefficient (Wildman–Crippen LogP) is 1.25. The van der Waals surface area contributed by atoms with Crippen LogP contribution in [0.25, 0.3) is 0 Å². The summed E-state index contributed by atoms with van der Waals surface area (Å²) < 4.78 is 26.5. The second-order valence-corrected chi connectivity index (χ2v) is 6.16. The Morgan fingerprint density at radius 2 is 2.06 bits per heavy atom. The molecule has 0 unspecified atom stereocenters. The van der Waals surface area contributed by atoms with Crippen molar-refractivity contribution < 1.29 is 13.5 Å². The van der Waals surface area contributed by atoms with Gasteiger partial charge in [0.05, 0.1) is 12.4 Å². The first kappa shape index (κ1) is 13.6. The van der Waals surface area contributed by atoms with Crippen LogP contribution in [-0.2, 0) is 15.8 Å². The molecule has 0 aromatic heterocycles. The van der Waals surface area contributed by atoms with Crippen LogP contribution < -0.4 is 4.72 Å². The van der Waals surface area contributed by atoms with Gasteiger partial charge >= 0.3 is 0 Å². The molecule has 2 N–H and O–H groups in total. The third-order valence-corrected chi connectivity index (χ3v) is 4.18. The quantitative estimate of drug-likeness (QED) is 0.860. The van der Waals surface area contributed by atoms with Gasteiger partial charge in [-0.15, -0.1) is 0 Å². The van der Waals surface area contributed by atoms with E-state index in [1.807, 2.05) is 6.07 Å². The van der Waals surface area contributed by atoms with Gasteiger partial charge in [0.25, 0.3) is 0 Å². The third-order valence-electron chi connectivity index (χ3n) is 1.96. The lowest BCUT2D eigenvalue weighted by atomic mass is 10.2. The minimum absolute atomic E-state index is 0.0984. The molecule has 4 nitrogen and oxygen atoms in total.